The zero-order valence-electron chi connectivity index (χ0n) is 16.7. The number of nitrogens with zero attached hydrogens (tertiary/aromatic N) is 4. The normalized spacial score (nSPS) is 11.8. The molecular formula is C23H21N5OS. The third-order valence-corrected chi connectivity index (χ3v) is 5.84. The second-order valence-electron chi connectivity index (χ2n) is 6.93. The summed E-state index contributed by atoms with van der Waals surface area (Å²) < 4.78 is 1.64. The molecule has 1 amide bonds. The van der Waals surface area contributed by atoms with Crippen molar-refractivity contribution in [1.82, 2.24) is 20.2 Å². The van der Waals surface area contributed by atoms with Crippen LogP contribution < -0.4 is 5.32 Å². The van der Waals surface area contributed by atoms with Crippen molar-refractivity contribution in [2.75, 3.05) is 5.32 Å². The zero-order valence-corrected chi connectivity index (χ0v) is 17.5. The highest BCUT2D eigenvalue weighted by Crippen LogP contribution is 2.36. The Balaban J connectivity index is 1.66. The van der Waals surface area contributed by atoms with Crippen LogP contribution >= 0.6 is 11.8 Å². The molecule has 0 saturated carbocycles. The summed E-state index contributed by atoms with van der Waals surface area (Å²) in [6.45, 7) is 3.99. The van der Waals surface area contributed by atoms with Crippen molar-refractivity contribution in [3.05, 3.63) is 95.6 Å². The van der Waals surface area contributed by atoms with Crippen molar-refractivity contribution >= 4 is 23.4 Å². The van der Waals surface area contributed by atoms with Crippen LogP contribution in [-0.4, -0.2) is 26.1 Å². The molecule has 3 aromatic carbocycles. The average Bonchev–Trinajstić information content (AvgIpc) is 3.24. The van der Waals surface area contributed by atoms with Crippen LogP contribution in [0.5, 0.6) is 0 Å². The molecule has 0 spiro atoms. The molecule has 0 aliphatic carbocycles. The molecule has 6 nitrogen and oxygen atoms in total. The van der Waals surface area contributed by atoms with Gasteiger partial charge in [-0.2, -0.15) is 4.68 Å². The highest BCUT2D eigenvalue weighted by atomic mass is 32.2. The van der Waals surface area contributed by atoms with Gasteiger partial charge in [-0.05, 0) is 59.2 Å². The fraction of sp³-hybridized carbons (Fsp3) is 0.130. The number of para-hydroxylation sites is 1. The Morgan fingerprint density at radius 3 is 2.40 bits per heavy atom. The lowest BCUT2D eigenvalue weighted by Crippen LogP contribution is -2.20. The van der Waals surface area contributed by atoms with E-state index < -0.39 is 5.25 Å². The predicted molar refractivity (Wildman–Crippen MR) is 119 cm³/mol. The van der Waals surface area contributed by atoms with Crippen molar-refractivity contribution in [1.29, 1.82) is 0 Å². The number of benzene rings is 3. The molecule has 30 heavy (non-hydrogen) atoms. The van der Waals surface area contributed by atoms with Gasteiger partial charge in [-0.3, -0.25) is 4.79 Å². The molecule has 1 aromatic heterocycles. The quantitative estimate of drug-likeness (QED) is 0.460. The first kappa shape index (κ1) is 19.8. The van der Waals surface area contributed by atoms with E-state index in [4.69, 9.17) is 0 Å². The molecule has 0 fully saturated rings. The number of aromatic nitrogens is 4. The number of carbonyl (C=O) groups is 1. The van der Waals surface area contributed by atoms with Crippen LogP contribution in [0.4, 0.5) is 5.69 Å². The Morgan fingerprint density at radius 2 is 1.67 bits per heavy atom. The number of nitrogens with one attached hydrogen (secondary N) is 1. The van der Waals surface area contributed by atoms with Gasteiger partial charge >= 0.3 is 0 Å². The Hall–Kier alpha value is -3.45. The van der Waals surface area contributed by atoms with E-state index in [1.54, 1.807) is 4.68 Å². The first-order valence-electron chi connectivity index (χ1n) is 9.55. The maximum absolute atomic E-state index is 13.3. The standard InChI is InChI=1S/C23H21N5OS/c1-16-13-14-17(2)20(15-16)24-22(29)21(18-9-5-3-6-10-18)30-23-25-26-27-28(23)19-11-7-4-8-12-19/h3-15,21H,1-2H3,(H,24,29). The number of aryl methyl sites for hydroxylation is 2. The molecule has 1 heterocycles. The Labute approximate surface area is 179 Å². The molecule has 1 N–H and O–H groups in total. The number of hydrogen-bond acceptors (Lipinski definition) is 5. The van der Waals surface area contributed by atoms with Crippen molar-refractivity contribution in [2.45, 2.75) is 24.3 Å². The minimum Gasteiger partial charge on any atom is -0.325 e. The molecule has 0 radical (unpaired) electrons. The zero-order chi connectivity index (χ0) is 20.9. The van der Waals surface area contributed by atoms with E-state index in [0.717, 1.165) is 28.1 Å². The Bertz CT molecular complexity index is 1140. The largest absolute Gasteiger partial charge is 0.325 e. The number of tetrazole rings is 1. The van der Waals surface area contributed by atoms with E-state index in [2.05, 4.69) is 20.8 Å². The lowest BCUT2D eigenvalue weighted by molar-refractivity contribution is -0.115. The van der Waals surface area contributed by atoms with Gasteiger partial charge < -0.3 is 5.32 Å². The Kier molecular flexibility index (Phi) is 5.90. The van der Waals surface area contributed by atoms with E-state index >= 15 is 0 Å². The summed E-state index contributed by atoms with van der Waals surface area (Å²) in [5, 5.41) is 15.2. The lowest BCUT2D eigenvalue weighted by Gasteiger charge is -2.18. The fourth-order valence-electron chi connectivity index (χ4n) is 3.06. The van der Waals surface area contributed by atoms with Gasteiger partial charge in [-0.15, -0.1) is 5.10 Å². The predicted octanol–water partition coefficient (Wildman–Crippen LogP) is 4.75. The van der Waals surface area contributed by atoms with E-state index in [1.165, 1.54) is 11.8 Å². The van der Waals surface area contributed by atoms with E-state index in [1.807, 2.05) is 92.7 Å². The van der Waals surface area contributed by atoms with Gasteiger partial charge in [0.15, 0.2) is 0 Å². The van der Waals surface area contributed by atoms with Crippen molar-refractivity contribution in [2.24, 2.45) is 0 Å². The van der Waals surface area contributed by atoms with E-state index in [0.29, 0.717) is 5.16 Å². The molecule has 7 heteroatoms. The van der Waals surface area contributed by atoms with Crippen molar-refractivity contribution in [3.8, 4) is 5.69 Å². The third-order valence-electron chi connectivity index (χ3n) is 4.66. The highest BCUT2D eigenvalue weighted by molar-refractivity contribution is 8.00. The maximum Gasteiger partial charge on any atom is 0.242 e. The minimum absolute atomic E-state index is 0.123. The van der Waals surface area contributed by atoms with Gasteiger partial charge in [0.1, 0.15) is 5.25 Å². The summed E-state index contributed by atoms with van der Waals surface area (Å²) in [4.78, 5) is 13.3. The summed E-state index contributed by atoms with van der Waals surface area (Å²) >= 11 is 1.32. The van der Waals surface area contributed by atoms with Crippen LogP contribution in [0.1, 0.15) is 21.9 Å². The maximum atomic E-state index is 13.3. The van der Waals surface area contributed by atoms with E-state index in [-0.39, 0.29) is 5.91 Å². The minimum atomic E-state index is -0.514. The topological polar surface area (TPSA) is 72.7 Å². The smallest absolute Gasteiger partial charge is 0.242 e. The fourth-order valence-corrected chi connectivity index (χ4v) is 4.05. The number of rotatable bonds is 6. The Morgan fingerprint density at radius 1 is 0.967 bits per heavy atom. The van der Waals surface area contributed by atoms with Crippen LogP contribution in [0.15, 0.2) is 84.0 Å². The average molecular weight is 416 g/mol. The summed E-state index contributed by atoms with van der Waals surface area (Å²) in [6, 6.07) is 25.3. The number of amides is 1. The van der Waals surface area contributed by atoms with Gasteiger partial charge in [0.25, 0.3) is 0 Å². The summed E-state index contributed by atoms with van der Waals surface area (Å²) in [7, 11) is 0. The van der Waals surface area contributed by atoms with Crippen LogP contribution in [0.25, 0.3) is 5.69 Å². The molecule has 1 atom stereocenters. The summed E-state index contributed by atoms with van der Waals surface area (Å²) in [6.07, 6.45) is 0. The second-order valence-corrected chi connectivity index (χ2v) is 8.00. The van der Waals surface area contributed by atoms with Crippen LogP contribution in [0.2, 0.25) is 0 Å². The van der Waals surface area contributed by atoms with Gasteiger partial charge in [0, 0.05) is 5.69 Å². The molecular weight excluding hydrogens is 394 g/mol. The van der Waals surface area contributed by atoms with Crippen molar-refractivity contribution in [3.63, 3.8) is 0 Å². The molecule has 1 unspecified atom stereocenters. The molecule has 0 bridgehead atoms. The number of carbonyl (C=O) groups excluding carboxylic acids is 1. The summed E-state index contributed by atoms with van der Waals surface area (Å²) in [5.41, 5.74) is 4.64. The van der Waals surface area contributed by atoms with Gasteiger partial charge in [0.2, 0.25) is 11.1 Å². The molecule has 0 aliphatic rings. The lowest BCUT2D eigenvalue weighted by atomic mass is 10.1. The number of anilines is 1. The van der Waals surface area contributed by atoms with Gasteiger partial charge in [-0.1, -0.05) is 72.4 Å². The third kappa shape index (κ3) is 4.41. The van der Waals surface area contributed by atoms with Gasteiger partial charge in [-0.25, -0.2) is 0 Å². The first-order chi connectivity index (χ1) is 14.6. The number of thioether (sulfide) groups is 1. The monoisotopic (exact) mass is 415 g/mol. The van der Waals surface area contributed by atoms with Gasteiger partial charge in [0.05, 0.1) is 5.69 Å². The van der Waals surface area contributed by atoms with Crippen LogP contribution in [-0.2, 0) is 4.79 Å². The molecule has 4 rings (SSSR count). The molecule has 0 saturated heterocycles. The SMILES string of the molecule is Cc1ccc(C)c(NC(=O)C(Sc2nnnn2-c2ccccc2)c2ccccc2)c1. The molecule has 4 aromatic rings. The second kappa shape index (κ2) is 8.92. The van der Waals surface area contributed by atoms with Crippen LogP contribution in [0.3, 0.4) is 0 Å². The molecule has 150 valence electrons. The number of hydrogen-bond donors (Lipinski definition) is 1. The van der Waals surface area contributed by atoms with Crippen molar-refractivity contribution < 1.29 is 4.79 Å². The van der Waals surface area contributed by atoms with E-state index in [9.17, 15) is 4.79 Å². The van der Waals surface area contributed by atoms with Crippen LogP contribution in [0, 0.1) is 13.8 Å². The highest BCUT2D eigenvalue weighted by Gasteiger charge is 2.26. The molecule has 0 aliphatic heterocycles. The first-order valence-corrected chi connectivity index (χ1v) is 10.4. The summed E-state index contributed by atoms with van der Waals surface area (Å²) in [5.74, 6) is -0.123.